The van der Waals surface area contributed by atoms with E-state index >= 15 is 0 Å². The Morgan fingerprint density at radius 3 is 2.95 bits per heavy atom. The van der Waals surface area contributed by atoms with Gasteiger partial charge in [-0.05, 0) is 17.5 Å². The minimum absolute atomic E-state index is 0.141. The molecule has 0 amide bonds. The highest BCUT2D eigenvalue weighted by Gasteiger charge is 2.20. The molecular weight excluding hydrogens is 272 g/mol. The van der Waals surface area contributed by atoms with Crippen LogP contribution < -0.4 is 5.73 Å². The first-order chi connectivity index (χ1) is 10.2. The van der Waals surface area contributed by atoms with Gasteiger partial charge in [-0.3, -0.25) is 15.0 Å². The maximum atomic E-state index is 10.9. The normalized spacial score (nSPS) is 14.9. The summed E-state index contributed by atoms with van der Waals surface area (Å²) in [6, 6.07) is 6.94. The molecule has 7 nitrogen and oxygen atoms in total. The van der Waals surface area contributed by atoms with Crippen LogP contribution in [-0.2, 0) is 26.1 Å². The van der Waals surface area contributed by atoms with Gasteiger partial charge in [0.05, 0.1) is 17.2 Å². The zero-order valence-corrected chi connectivity index (χ0v) is 11.5. The Kier molecular flexibility index (Phi) is 3.68. The maximum absolute atomic E-state index is 10.9. The Morgan fingerprint density at radius 1 is 1.38 bits per heavy atom. The summed E-state index contributed by atoms with van der Waals surface area (Å²) in [4.78, 5) is 12.7. The van der Waals surface area contributed by atoms with Crippen molar-refractivity contribution < 1.29 is 9.45 Å². The van der Waals surface area contributed by atoms with E-state index in [4.69, 9.17) is 10.3 Å². The van der Waals surface area contributed by atoms with Crippen molar-refractivity contribution in [2.45, 2.75) is 26.1 Å². The van der Waals surface area contributed by atoms with Gasteiger partial charge in [0.15, 0.2) is 5.76 Å². The summed E-state index contributed by atoms with van der Waals surface area (Å²) >= 11 is 0. The molecule has 0 aliphatic carbocycles. The SMILES string of the molecule is NCc1cc(CN2CCc3ccc([N+](=O)[O-])cc3C2)no1. The molecule has 2 aromatic rings. The largest absolute Gasteiger partial charge is 0.360 e. The van der Waals surface area contributed by atoms with Gasteiger partial charge in [-0.1, -0.05) is 11.2 Å². The fraction of sp³-hybridized carbons (Fsp3) is 0.357. The second-order valence-electron chi connectivity index (χ2n) is 5.16. The third-order valence-corrected chi connectivity index (χ3v) is 3.69. The molecule has 3 rings (SSSR count). The molecule has 2 heterocycles. The molecule has 7 heteroatoms. The van der Waals surface area contributed by atoms with Crippen LogP contribution in [0.15, 0.2) is 28.8 Å². The summed E-state index contributed by atoms with van der Waals surface area (Å²) < 4.78 is 5.08. The second kappa shape index (κ2) is 5.63. The predicted molar refractivity (Wildman–Crippen MR) is 75.3 cm³/mol. The molecule has 0 atom stereocenters. The van der Waals surface area contributed by atoms with Crippen molar-refractivity contribution in [3.63, 3.8) is 0 Å². The Hall–Kier alpha value is -2.25. The van der Waals surface area contributed by atoms with Crippen LogP contribution in [0.2, 0.25) is 0 Å². The average Bonchev–Trinajstić information content (AvgIpc) is 2.94. The van der Waals surface area contributed by atoms with Crippen molar-refractivity contribution >= 4 is 5.69 Å². The number of aromatic nitrogens is 1. The molecule has 2 N–H and O–H groups in total. The van der Waals surface area contributed by atoms with Crippen LogP contribution in [0, 0.1) is 10.1 Å². The first-order valence-corrected chi connectivity index (χ1v) is 6.79. The second-order valence-corrected chi connectivity index (χ2v) is 5.16. The minimum atomic E-state index is -0.357. The number of nitro benzene ring substituents is 1. The van der Waals surface area contributed by atoms with E-state index in [0.717, 1.165) is 24.2 Å². The molecule has 110 valence electrons. The van der Waals surface area contributed by atoms with Gasteiger partial charge in [-0.25, -0.2) is 0 Å². The Balaban J connectivity index is 1.73. The van der Waals surface area contributed by atoms with Crippen molar-refractivity contribution in [1.82, 2.24) is 10.1 Å². The first-order valence-electron chi connectivity index (χ1n) is 6.79. The van der Waals surface area contributed by atoms with Crippen molar-refractivity contribution in [3.8, 4) is 0 Å². The van der Waals surface area contributed by atoms with Crippen LogP contribution in [-0.4, -0.2) is 21.5 Å². The van der Waals surface area contributed by atoms with E-state index in [9.17, 15) is 10.1 Å². The summed E-state index contributed by atoms with van der Waals surface area (Å²) in [5, 5.41) is 14.8. The smallest absolute Gasteiger partial charge is 0.269 e. The van der Waals surface area contributed by atoms with Gasteiger partial charge in [0.25, 0.3) is 5.69 Å². The van der Waals surface area contributed by atoms with Crippen molar-refractivity contribution in [2.24, 2.45) is 5.73 Å². The molecule has 0 spiro atoms. The molecule has 21 heavy (non-hydrogen) atoms. The molecule has 0 saturated heterocycles. The van der Waals surface area contributed by atoms with E-state index in [1.165, 1.54) is 5.56 Å². The van der Waals surface area contributed by atoms with Gasteiger partial charge in [0.1, 0.15) is 0 Å². The number of fused-ring (bicyclic) bond motifs is 1. The predicted octanol–water partition coefficient (Wildman–Crippen LogP) is 1.60. The molecule has 1 aliphatic heterocycles. The summed E-state index contributed by atoms with van der Waals surface area (Å²) in [6.07, 6.45) is 0.884. The third-order valence-electron chi connectivity index (χ3n) is 3.69. The van der Waals surface area contributed by atoms with Crippen LogP contribution in [0.1, 0.15) is 22.6 Å². The topological polar surface area (TPSA) is 98.4 Å². The average molecular weight is 288 g/mol. The van der Waals surface area contributed by atoms with E-state index in [2.05, 4.69) is 10.1 Å². The number of nitro groups is 1. The van der Waals surface area contributed by atoms with E-state index in [0.29, 0.717) is 25.4 Å². The van der Waals surface area contributed by atoms with Crippen molar-refractivity contribution in [3.05, 3.63) is 57.0 Å². The number of hydrogen-bond acceptors (Lipinski definition) is 6. The molecule has 0 unspecified atom stereocenters. The van der Waals surface area contributed by atoms with Gasteiger partial charge in [-0.2, -0.15) is 0 Å². The molecule has 0 radical (unpaired) electrons. The van der Waals surface area contributed by atoms with E-state index < -0.39 is 0 Å². The fourth-order valence-electron chi connectivity index (χ4n) is 2.61. The minimum Gasteiger partial charge on any atom is -0.360 e. The van der Waals surface area contributed by atoms with Crippen LogP contribution in [0.25, 0.3) is 0 Å². The van der Waals surface area contributed by atoms with Gasteiger partial charge in [-0.15, -0.1) is 0 Å². The lowest BCUT2D eigenvalue weighted by Gasteiger charge is -2.27. The van der Waals surface area contributed by atoms with Crippen molar-refractivity contribution in [2.75, 3.05) is 6.54 Å². The zero-order valence-electron chi connectivity index (χ0n) is 11.5. The quantitative estimate of drug-likeness (QED) is 0.677. The molecular formula is C14H16N4O3. The van der Waals surface area contributed by atoms with Gasteiger partial charge in [0.2, 0.25) is 0 Å². The number of nitrogens with zero attached hydrogens (tertiary/aromatic N) is 3. The lowest BCUT2D eigenvalue weighted by atomic mass is 9.99. The molecule has 0 saturated carbocycles. The number of non-ortho nitro benzene ring substituents is 1. The Labute approximate surface area is 121 Å². The lowest BCUT2D eigenvalue weighted by Crippen LogP contribution is -2.30. The van der Waals surface area contributed by atoms with Crippen LogP contribution in [0.5, 0.6) is 0 Å². The highest BCUT2D eigenvalue weighted by Crippen LogP contribution is 2.24. The molecule has 1 aromatic heterocycles. The van der Waals surface area contributed by atoms with Crippen LogP contribution in [0.4, 0.5) is 5.69 Å². The standard InChI is InChI=1S/C14H16N4O3/c15-7-14-6-12(16-21-14)9-17-4-3-10-1-2-13(18(19)20)5-11(10)8-17/h1-2,5-6H,3-4,7-9,15H2. The lowest BCUT2D eigenvalue weighted by molar-refractivity contribution is -0.385. The monoisotopic (exact) mass is 288 g/mol. The molecule has 0 bridgehead atoms. The zero-order chi connectivity index (χ0) is 14.8. The summed E-state index contributed by atoms with van der Waals surface area (Å²) in [5.74, 6) is 0.665. The van der Waals surface area contributed by atoms with Gasteiger partial charge >= 0.3 is 0 Å². The number of hydrogen-bond donors (Lipinski definition) is 1. The van der Waals surface area contributed by atoms with E-state index in [1.807, 2.05) is 12.1 Å². The van der Waals surface area contributed by atoms with Gasteiger partial charge in [0, 0.05) is 37.8 Å². The van der Waals surface area contributed by atoms with Crippen molar-refractivity contribution in [1.29, 1.82) is 0 Å². The Bertz CT molecular complexity index is 668. The van der Waals surface area contributed by atoms with Crippen LogP contribution in [0.3, 0.4) is 0 Å². The van der Waals surface area contributed by atoms with E-state index in [1.54, 1.807) is 12.1 Å². The number of nitrogens with two attached hydrogens (primary N) is 1. The molecule has 1 aromatic carbocycles. The molecule has 0 fully saturated rings. The molecule has 1 aliphatic rings. The van der Waals surface area contributed by atoms with Crippen LogP contribution >= 0.6 is 0 Å². The highest BCUT2D eigenvalue weighted by molar-refractivity contribution is 5.41. The number of benzene rings is 1. The summed E-state index contributed by atoms with van der Waals surface area (Å²) in [6.45, 7) is 2.57. The highest BCUT2D eigenvalue weighted by atomic mass is 16.6. The number of rotatable bonds is 4. The Morgan fingerprint density at radius 2 is 2.24 bits per heavy atom. The third kappa shape index (κ3) is 2.93. The van der Waals surface area contributed by atoms with Gasteiger partial charge < -0.3 is 10.3 Å². The summed E-state index contributed by atoms with van der Waals surface area (Å²) in [7, 11) is 0. The fourth-order valence-corrected chi connectivity index (χ4v) is 2.61. The summed E-state index contributed by atoms with van der Waals surface area (Å²) in [5.41, 5.74) is 8.66. The maximum Gasteiger partial charge on any atom is 0.269 e. The first kappa shape index (κ1) is 13.7. The van der Waals surface area contributed by atoms with E-state index in [-0.39, 0.29) is 10.6 Å².